The molecular formula is C20H15F2N3OS. The van der Waals surface area contributed by atoms with Crippen LogP contribution in [-0.4, -0.2) is 21.8 Å². The number of thiazole rings is 1. The highest BCUT2D eigenvalue weighted by Gasteiger charge is 2.61. The number of H-pyrrole nitrogens is 1. The maximum atomic E-state index is 13.1. The number of fused-ring (bicyclic) bond motifs is 2. The number of nitrogens with zero attached hydrogens (tertiary/aromatic N) is 1. The van der Waals surface area contributed by atoms with E-state index >= 15 is 0 Å². The Hall–Kier alpha value is -2.80. The van der Waals surface area contributed by atoms with Gasteiger partial charge < -0.3 is 10.3 Å². The van der Waals surface area contributed by atoms with Crippen molar-refractivity contribution in [2.45, 2.75) is 19.3 Å². The molecule has 1 unspecified atom stereocenters. The van der Waals surface area contributed by atoms with Gasteiger partial charge in [0.05, 0.1) is 10.2 Å². The average molecular weight is 383 g/mol. The van der Waals surface area contributed by atoms with E-state index < -0.39 is 17.7 Å². The van der Waals surface area contributed by atoms with Crippen LogP contribution in [0.3, 0.4) is 0 Å². The average Bonchev–Trinajstić information content (AvgIpc) is 2.99. The smallest absolute Gasteiger partial charge is 0.260 e. The van der Waals surface area contributed by atoms with Gasteiger partial charge in [-0.05, 0) is 47.9 Å². The van der Waals surface area contributed by atoms with Crippen molar-refractivity contribution in [3.05, 3.63) is 48.2 Å². The number of halogens is 2. The standard InChI is InChI=1S/C20H15F2N3OS/c1-10-2-4-14-12(6-7-23-14)17(10)11-3-5-15-16(8-11)27-19(24-15)25-18(26)13-9-20(13,21)22/h2-8,13,23H,9H2,1H3,(H,24,25,26). The minimum atomic E-state index is -2.87. The van der Waals surface area contributed by atoms with Crippen LogP contribution in [0.15, 0.2) is 42.6 Å². The normalized spacial score (nSPS) is 18.1. The predicted molar refractivity (Wildman–Crippen MR) is 103 cm³/mol. The van der Waals surface area contributed by atoms with Gasteiger partial charge in [-0.25, -0.2) is 13.8 Å². The number of nitrogens with one attached hydrogen (secondary N) is 2. The molecule has 1 amide bonds. The third-order valence-electron chi connectivity index (χ3n) is 4.99. The van der Waals surface area contributed by atoms with E-state index in [1.165, 1.54) is 11.3 Å². The monoisotopic (exact) mass is 383 g/mol. The second-order valence-electron chi connectivity index (χ2n) is 6.90. The fraction of sp³-hybridized carbons (Fsp3) is 0.200. The van der Waals surface area contributed by atoms with Crippen LogP contribution >= 0.6 is 11.3 Å². The van der Waals surface area contributed by atoms with Crippen molar-refractivity contribution in [1.82, 2.24) is 9.97 Å². The lowest BCUT2D eigenvalue weighted by molar-refractivity contribution is -0.119. The van der Waals surface area contributed by atoms with E-state index in [1.807, 2.05) is 24.4 Å². The van der Waals surface area contributed by atoms with Crippen LogP contribution in [0.1, 0.15) is 12.0 Å². The van der Waals surface area contributed by atoms with Gasteiger partial charge in [0.15, 0.2) is 5.13 Å². The lowest BCUT2D eigenvalue weighted by atomic mass is 9.97. The Balaban J connectivity index is 1.51. The van der Waals surface area contributed by atoms with Crippen molar-refractivity contribution in [1.29, 1.82) is 0 Å². The number of aromatic nitrogens is 2. The summed E-state index contributed by atoms with van der Waals surface area (Å²) in [6, 6.07) is 12.1. The van der Waals surface area contributed by atoms with E-state index in [0.717, 1.165) is 37.8 Å². The molecule has 0 saturated heterocycles. The Morgan fingerprint density at radius 1 is 1.30 bits per heavy atom. The molecule has 0 bridgehead atoms. The van der Waals surface area contributed by atoms with Gasteiger partial charge in [-0.1, -0.05) is 23.5 Å². The summed E-state index contributed by atoms with van der Waals surface area (Å²) >= 11 is 1.30. The first-order valence-electron chi connectivity index (χ1n) is 8.59. The summed E-state index contributed by atoms with van der Waals surface area (Å²) in [6.45, 7) is 2.07. The zero-order valence-electron chi connectivity index (χ0n) is 14.3. The van der Waals surface area contributed by atoms with Crippen LogP contribution in [0.25, 0.3) is 32.2 Å². The van der Waals surface area contributed by atoms with Gasteiger partial charge in [-0.15, -0.1) is 0 Å². The molecule has 0 spiro atoms. The molecule has 2 heterocycles. The second kappa shape index (κ2) is 5.60. The zero-order chi connectivity index (χ0) is 18.8. The van der Waals surface area contributed by atoms with E-state index in [1.54, 1.807) is 0 Å². The summed E-state index contributed by atoms with van der Waals surface area (Å²) in [6.07, 6.45) is 1.54. The minimum absolute atomic E-state index is 0.353. The summed E-state index contributed by atoms with van der Waals surface area (Å²) < 4.78 is 27.0. The number of alkyl halides is 2. The predicted octanol–water partition coefficient (Wildman–Crippen LogP) is 5.35. The number of hydrogen-bond acceptors (Lipinski definition) is 3. The molecule has 1 saturated carbocycles. The van der Waals surface area contributed by atoms with Crippen LogP contribution in [0.4, 0.5) is 13.9 Å². The largest absolute Gasteiger partial charge is 0.361 e. The van der Waals surface area contributed by atoms with Crippen LogP contribution in [0.5, 0.6) is 0 Å². The SMILES string of the molecule is Cc1ccc2[nH]ccc2c1-c1ccc2nc(NC(=O)C3CC3(F)F)sc2c1. The van der Waals surface area contributed by atoms with Gasteiger partial charge >= 0.3 is 0 Å². The molecule has 1 aliphatic rings. The highest BCUT2D eigenvalue weighted by Crippen LogP contribution is 2.49. The molecule has 2 N–H and O–H groups in total. The molecule has 27 heavy (non-hydrogen) atoms. The molecule has 1 fully saturated rings. The first kappa shape index (κ1) is 16.4. The van der Waals surface area contributed by atoms with E-state index in [4.69, 9.17) is 0 Å². The summed E-state index contributed by atoms with van der Waals surface area (Å²) in [5, 5.41) is 4.02. The number of rotatable bonds is 3. The number of carbonyl (C=O) groups is 1. The van der Waals surface area contributed by atoms with Crippen molar-refractivity contribution in [2.24, 2.45) is 5.92 Å². The Kier molecular flexibility index (Phi) is 3.40. The summed E-state index contributed by atoms with van der Waals surface area (Å²) in [5.41, 5.74) is 5.17. The number of amides is 1. The molecule has 136 valence electrons. The Morgan fingerprint density at radius 2 is 2.11 bits per heavy atom. The fourth-order valence-electron chi connectivity index (χ4n) is 3.45. The van der Waals surface area contributed by atoms with Crippen molar-refractivity contribution < 1.29 is 13.6 Å². The molecule has 1 atom stereocenters. The molecule has 0 aliphatic heterocycles. The quantitative estimate of drug-likeness (QED) is 0.501. The number of anilines is 1. The summed E-state index contributed by atoms with van der Waals surface area (Å²) in [7, 11) is 0. The highest BCUT2D eigenvalue weighted by molar-refractivity contribution is 7.22. The lowest BCUT2D eigenvalue weighted by Gasteiger charge is -2.08. The number of carbonyl (C=O) groups excluding carboxylic acids is 1. The second-order valence-corrected chi connectivity index (χ2v) is 7.94. The summed E-state index contributed by atoms with van der Waals surface area (Å²) in [5.74, 6) is -4.76. The maximum Gasteiger partial charge on any atom is 0.260 e. The van der Waals surface area contributed by atoms with Crippen LogP contribution < -0.4 is 5.32 Å². The maximum absolute atomic E-state index is 13.1. The molecule has 7 heteroatoms. The number of aromatic amines is 1. The van der Waals surface area contributed by atoms with Gasteiger partial charge in [0.25, 0.3) is 5.92 Å². The molecule has 5 rings (SSSR count). The molecule has 2 aromatic carbocycles. The zero-order valence-corrected chi connectivity index (χ0v) is 15.2. The van der Waals surface area contributed by atoms with E-state index in [-0.39, 0.29) is 6.42 Å². The van der Waals surface area contributed by atoms with Gasteiger partial charge in [0, 0.05) is 23.5 Å². The first-order valence-corrected chi connectivity index (χ1v) is 9.40. The van der Waals surface area contributed by atoms with Crippen molar-refractivity contribution in [3.63, 3.8) is 0 Å². The van der Waals surface area contributed by atoms with Gasteiger partial charge in [-0.3, -0.25) is 4.79 Å². The van der Waals surface area contributed by atoms with Crippen LogP contribution in [0, 0.1) is 12.8 Å². The van der Waals surface area contributed by atoms with Crippen molar-refractivity contribution >= 4 is 43.5 Å². The number of aryl methyl sites for hydroxylation is 1. The molecule has 4 nitrogen and oxygen atoms in total. The third kappa shape index (κ3) is 2.70. The van der Waals surface area contributed by atoms with Gasteiger partial charge in [0.2, 0.25) is 5.91 Å². The fourth-order valence-corrected chi connectivity index (χ4v) is 4.36. The topological polar surface area (TPSA) is 57.8 Å². The third-order valence-corrected chi connectivity index (χ3v) is 5.93. The summed E-state index contributed by atoms with van der Waals surface area (Å²) in [4.78, 5) is 19.5. The molecule has 1 aliphatic carbocycles. The molecule has 4 aromatic rings. The Morgan fingerprint density at radius 3 is 2.89 bits per heavy atom. The first-order chi connectivity index (χ1) is 12.9. The molecular weight excluding hydrogens is 368 g/mol. The van der Waals surface area contributed by atoms with Gasteiger partial charge in [0.1, 0.15) is 5.92 Å². The molecule has 2 aromatic heterocycles. The van der Waals surface area contributed by atoms with E-state index in [0.29, 0.717) is 5.13 Å². The van der Waals surface area contributed by atoms with Crippen molar-refractivity contribution in [2.75, 3.05) is 5.32 Å². The van der Waals surface area contributed by atoms with Gasteiger partial charge in [-0.2, -0.15) is 0 Å². The van der Waals surface area contributed by atoms with Crippen molar-refractivity contribution in [3.8, 4) is 11.1 Å². The Labute approximate surface area is 157 Å². The van der Waals surface area contributed by atoms with E-state index in [2.05, 4.69) is 40.4 Å². The van der Waals surface area contributed by atoms with Crippen LogP contribution in [0.2, 0.25) is 0 Å². The lowest BCUT2D eigenvalue weighted by Crippen LogP contribution is -2.17. The highest BCUT2D eigenvalue weighted by atomic mass is 32.1. The Bertz CT molecular complexity index is 1210. The number of benzene rings is 2. The number of hydrogen-bond donors (Lipinski definition) is 2. The minimum Gasteiger partial charge on any atom is -0.361 e. The molecule has 0 radical (unpaired) electrons. The van der Waals surface area contributed by atoms with E-state index in [9.17, 15) is 13.6 Å². The van der Waals surface area contributed by atoms with Crippen LogP contribution in [-0.2, 0) is 4.79 Å².